The Bertz CT molecular complexity index is 2150. The summed E-state index contributed by atoms with van der Waals surface area (Å²) in [6.07, 6.45) is 0. The molecule has 0 atom stereocenters. The quantitative estimate of drug-likeness (QED) is 0.218. The van der Waals surface area contributed by atoms with Crippen molar-refractivity contribution >= 4 is 33.3 Å². The summed E-state index contributed by atoms with van der Waals surface area (Å²) in [5, 5.41) is 5.86. The highest BCUT2D eigenvalue weighted by Crippen LogP contribution is 2.37. The van der Waals surface area contributed by atoms with Crippen molar-refractivity contribution in [1.82, 2.24) is 0 Å². The van der Waals surface area contributed by atoms with Crippen molar-refractivity contribution in [3.05, 3.63) is 170 Å². The van der Waals surface area contributed by atoms with E-state index in [0.29, 0.717) is 0 Å². The van der Waals surface area contributed by atoms with Crippen LogP contribution in [0.25, 0.3) is 66.4 Å². The first kappa shape index (κ1) is 25.8. The molecule has 44 heavy (non-hydrogen) atoms. The molecule has 1 aromatic heterocycles. The van der Waals surface area contributed by atoms with Crippen molar-refractivity contribution in [2.45, 2.75) is 0 Å². The van der Waals surface area contributed by atoms with Crippen molar-refractivity contribution in [3.8, 4) is 44.5 Å². The lowest BCUT2D eigenvalue weighted by Gasteiger charge is -2.12. The van der Waals surface area contributed by atoms with Gasteiger partial charge in [-0.1, -0.05) is 121 Å². The number of para-hydroxylation sites is 2. The fourth-order valence-corrected chi connectivity index (χ4v) is 6.01. The van der Waals surface area contributed by atoms with Gasteiger partial charge in [-0.05, 0) is 87.5 Å². The van der Waals surface area contributed by atoms with Crippen LogP contribution in [0.4, 0.5) is 11.4 Å². The number of anilines is 2. The molecule has 7 aromatic carbocycles. The van der Waals surface area contributed by atoms with Crippen LogP contribution < -0.4 is 5.32 Å². The second-order valence-corrected chi connectivity index (χ2v) is 11.1. The number of rotatable bonds is 6. The van der Waals surface area contributed by atoms with Crippen molar-refractivity contribution in [3.63, 3.8) is 0 Å². The topological polar surface area (TPSA) is 25.2 Å². The lowest BCUT2D eigenvalue weighted by Crippen LogP contribution is -1.91. The average Bonchev–Trinajstić information content (AvgIpc) is 3.49. The number of hydrogen-bond donors (Lipinski definition) is 1. The normalized spacial score (nSPS) is 11.2. The van der Waals surface area contributed by atoms with Crippen LogP contribution in [-0.2, 0) is 0 Å². The first-order valence-electron chi connectivity index (χ1n) is 14.9. The van der Waals surface area contributed by atoms with Crippen LogP contribution >= 0.6 is 0 Å². The van der Waals surface area contributed by atoms with Crippen LogP contribution in [0.15, 0.2) is 174 Å². The number of furan rings is 1. The molecule has 0 aliphatic carbocycles. The molecule has 0 aliphatic rings. The Balaban J connectivity index is 1.06. The first-order chi connectivity index (χ1) is 21.8. The van der Waals surface area contributed by atoms with E-state index in [-0.39, 0.29) is 0 Å². The molecule has 0 saturated heterocycles. The van der Waals surface area contributed by atoms with E-state index in [1.54, 1.807) is 0 Å². The maximum absolute atomic E-state index is 6.26. The molecule has 0 fully saturated rings. The van der Waals surface area contributed by atoms with Gasteiger partial charge in [0.2, 0.25) is 0 Å². The van der Waals surface area contributed by atoms with Crippen molar-refractivity contribution in [2.24, 2.45) is 0 Å². The van der Waals surface area contributed by atoms with Gasteiger partial charge in [-0.15, -0.1) is 0 Å². The van der Waals surface area contributed by atoms with E-state index in [1.165, 1.54) is 33.4 Å². The Morgan fingerprint density at radius 1 is 0.341 bits per heavy atom. The molecule has 0 aliphatic heterocycles. The highest BCUT2D eigenvalue weighted by Gasteiger charge is 2.12. The van der Waals surface area contributed by atoms with E-state index in [1.807, 2.05) is 12.1 Å². The number of benzene rings is 7. The molecule has 1 N–H and O–H groups in total. The van der Waals surface area contributed by atoms with Gasteiger partial charge >= 0.3 is 0 Å². The van der Waals surface area contributed by atoms with E-state index in [2.05, 4.69) is 163 Å². The fraction of sp³-hybridized carbons (Fsp3) is 0. The van der Waals surface area contributed by atoms with Gasteiger partial charge in [-0.25, -0.2) is 0 Å². The van der Waals surface area contributed by atoms with Gasteiger partial charge in [0.15, 0.2) is 0 Å². The van der Waals surface area contributed by atoms with Gasteiger partial charge in [-0.3, -0.25) is 0 Å². The monoisotopic (exact) mass is 563 g/mol. The van der Waals surface area contributed by atoms with Crippen LogP contribution in [0.2, 0.25) is 0 Å². The van der Waals surface area contributed by atoms with Crippen LogP contribution in [0.1, 0.15) is 0 Å². The van der Waals surface area contributed by atoms with Crippen molar-refractivity contribution in [2.75, 3.05) is 5.32 Å². The van der Waals surface area contributed by atoms with Gasteiger partial charge in [-0.2, -0.15) is 0 Å². The Morgan fingerprint density at radius 3 is 1.41 bits per heavy atom. The molecule has 0 bridgehead atoms. The van der Waals surface area contributed by atoms with Crippen molar-refractivity contribution < 1.29 is 4.42 Å². The zero-order valence-electron chi connectivity index (χ0n) is 24.1. The Labute approximate surface area is 256 Å². The summed E-state index contributed by atoms with van der Waals surface area (Å²) >= 11 is 0. The molecule has 8 rings (SSSR count). The van der Waals surface area contributed by atoms with Crippen LogP contribution in [0, 0.1) is 0 Å². The number of fused-ring (bicyclic) bond motifs is 3. The summed E-state index contributed by atoms with van der Waals surface area (Å²) in [5.74, 6) is 0. The summed E-state index contributed by atoms with van der Waals surface area (Å²) in [6, 6.07) is 59.8. The fourth-order valence-electron chi connectivity index (χ4n) is 6.01. The SMILES string of the molecule is c1ccc(-c2cc(-c3ccccc3)cc(-c3ccc(Nc4ccc(-c5cccc6c5oc5ccccc56)cc4)cc3)c2)cc1. The molecular weight excluding hydrogens is 534 g/mol. The Kier molecular flexibility index (Phi) is 6.51. The smallest absolute Gasteiger partial charge is 0.143 e. The molecule has 0 unspecified atom stereocenters. The molecule has 0 saturated carbocycles. The Hall–Kier alpha value is -5.86. The second kappa shape index (κ2) is 11.1. The molecule has 0 amide bonds. The van der Waals surface area contributed by atoms with Gasteiger partial charge < -0.3 is 9.73 Å². The van der Waals surface area contributed by atoms with E-state index < -0.39 is 0 Å². The van der Waals surface area contributed by atoms with Gasteiger partial charge in [0.1, 0.15) is 11.2 Å². The molecule has 208 valence electrons. The molecule has 0 spiro atoms. The predicted octanol–water partition coefficient (Wildman–Crippen LogP) is 12.0. The van der Waals surface area contributed by atoms with Crippen molar-refractivity contribution in [1.29, 1.82) is 0 Å². The molecule has 2 heteroatoms. The van der Waals surface area contributed by atoms with Crippen LogP contribution in [-0.4, -0.2) is 0 Å². The minimum absolute atomic E-state index is 0.916. The molecular formula is C42H29NO. The zero-order chi connectivity index (χ0) is 29.3. The molecule has 1 heterocycles. The number of hydrogen-bond acceptors (Lipinski definition) is 2. The highest BCUT2D eigenvalue weighted by atomic mass is 16.3. The molecule has 0 radical (unpaired) electrons. The maximum atomic E-state index is 6.26. The van der Waals surface area contributed by atoms with E-state index in [9.17, 15) is 0 Å². The third-order valence-electron chi connectivity index (χ3n) is 8.25. The summed E-state index contributed by atoms with van der Waals surface area (Å²) in [5.41, 5.74) is 13.4. The molecule has 2 nitrogen and oxygen atoms in total. The van der Waals surface area contributed by atoms with Gasteiger partial charge in [0.25, 0.3) is 0 Å². The lowest BCUT2D eigenvalue weighted by atomic mass is 9.93. The number of nitrogens with one attached hydrogen (secondary N) is 1. The third kappa shape index (κ3) is 4.93. The predicted molar refractivity (Wildman–Crippen MR) is 185 cm³/mol. The maximum Gasteiger partial charge on any atom is 0.143 e. The summed E-state index contributed by atoms with van der Waals surface area (Å²) in [7, 11) is 0. The van der Waals surface area contributed by atoms with Gasteiger partial charge in [0.05, 0.1) is 0 Å². The largest absolute Gasteiger partial charge is 0.455 e. The minimum atomic E-state index is 0.916. The van der Waals surface area contributed by atoms with Gasteiger partial charge in [0, 0.05) is 27.7 Å². The molecule has 8 aromatic rings. The third-order valence-corrected chi connectivity index (χ3v) is 8.25. The van der Waals surface area contributed by atoms with E-state index >= 15 is 0 Å². The summed E-state index contributed by atoms with van der Waals surface area (Å²) < 4.78 is 6.26. The second-order valence-electron chi connectivity index (χ2n) is 11.1. The summed E-state index contributed by atoms with van der Waals surface area (Å²) in [6.45, 7) is 0. The highest BCUT2D eigenvalue weighted by molar-refractivity contribution is 6.09. The average molecular weight is 564 g/mol. The minimum Gasteiger partial charge on any atom is -0.455 e. The lowest BCUT2D eigenvalue weighted by molar-refractivity contribution is 0.670. The zero-order valence-corrected chi connectivity index (χ0v) is 24.1. The Morgan fingerprint density at radius 2 is 0.818 bits per heavy atom. The summed E-state index contributed by atoms with van der Waals surface area (Å²) in [4.78, 5) is 0. The van der Waals surface area contributed by atoms with E-state index in [0.717, 1.165) is 44.4 Å². The standard InChI is InChI=1S/C42H29NO/c1-3-10-29(11-4-1)33-26-34(30-12-5-2-6-13-30)28-35(27-33)31-18-22-36(23-19-31)43-37-24-20-32(21-25-37)38-15-9-16-40-39-14-7-8-17-41(39)44-42(38)40/h1-28,43H. The van der Waals surface area contributed by atoms with E-state index in [4.69, 9.17) is 4.42 Å². The first-order valence-corrected chi connectivity index (χ1v) is 14.9. The van der Waals surface area contributed by atoms with Crippen LogP contribution in [0.3, 0.4) is 0 Å². The van der Waals surface area contributed by atoms with Crippen LogP contribution in [0.5, 0.6) is 0 Å².